The van der Waals surface area contributed by atoms with Gasteiger partial charge in [-0.05, 0) is 13.8 Å². The summed E-state index contributed by atoms with van der Waals surface area (Å²) in [6.45, 7) is 2.81. The predicted octanol–water partition coefficient (Wildman–Crippen LogP) is 11.5. The van der Waals surface area contributed by atoms with Crippen LogP contribution in [-0.2, 0) is 29.7 Å². The van der Waals surface area contributed by atoms with Gasteiger partial charge in [-0.25, -0.2) is 9.97 Å². The number of ketones is 2. The summed E-state index contributed by atoms with van der Waals surface area (Å²) in [4.78, 5) is 39.4. The summed E-state index contributed by atoms with van der Waals surface area (Å²) in [5.74, 6) is -0.125. The van der Waals surface area contributed by atoms with Crippen LogP contribution < -0.4 is 0 Å². The molecule has 2 heterocycles. The monoisotopic (exact) mass is 909 g/mol. The van der Waals surface area contributed by atoms with Gasteiger partial charge in [-0.2, -0.15) is 0 Å². The van der Waals surface area contributed by atoms with E-state index in [1.54, 1.807) is 0 Å². The van der Waals surface area contributed by atoms with Gasteiger partial charge in [-0.15, -0.1) is 0 Å². The molecule has 0 amide bonds. The third kappa shape index (κ3) is 11.2. The Kier molecular flexibility index (Phi) is 15.1. The molecule has 0 N–H and O–H groups in total. The van der Waals surface area contributed by atoms with Crippen LogP contribution in [0.3, 0.4) is 0 Å². The van der Waals surface area contributed by atoms with Gasteiger partial charge in [0.15, 0.2) is 0 Å². The quantitative estimate of drug-likeness (QED) is 0.141. The van der Waals surface area contributed by atoms with E-state index in [1.165, 1.54) is 13.8 Å². The molecule has 56 heavy (non-hydrogen) atoms. The molecule has 0 aliphatic rings. The summed E-state index contributed by atoms with van der Waals surface area (Å²) in [7, 11) is 0. The Morgan fingerprint density at radius 2 is 0.589 bits per heavy atom. The third-order valence-electron chi connectivity index (χ3n) is 8.37. The molecule has 0 spiro atoms. The van der Waals surface area contributed by atoms with E-state index in [4.69, 9.17) is 19.9 Å². The normalized spacial score (nSPS) is 10.0. The van der Waals surface area contributed by atoms with E-state index < -0.39 is 0 Å². The molecule has 0 aliphatic heterocycles. The van der Waals surface area contributed by atoms with Crippen molar-refractivity contribution >= 4 is 11.6 Å². The largest absolute Gasteiger partial charge is 3.00 e. The number of hydrogen-bond donors (Lipinski definition) is 0. The predicted molar refractivity (Wildman–Crippen MR) is 223 cm³/mol. The standard InChI is InChI=1S/2C22H16N2.C5H8O2.Ir/c2*1-4-10-17(11-5-1)20-16-23-21(18-12-6-2-7-13-18)22(24-20)19-14-8-3-9-15-19;1-4(6)3-5(2)7;/h2*1-16H;3H2,1-2H3;/q;;;+3. The minimum absolute atomic E-state index is 0. The molecule has 6 nitrogen and oxygen atoms in total. The van der Waals surface area contributed by atoms with E-state index in [-0.39, 0.29) is 38.1 Å². The van der Waals surface area contributed by atoms with Gasteiger partial charge in [0, 0.05) is 33.4 Å². The van der Waals surface area contributed by atoms with Crippen LogP contribution in [0.5, 0.6) is 0 Å². The molecule has 274 valence electrons. The average molecular weight is 909 g/mol. The van der Waals surface area contributed by atoms with Crippen molar-refractivity contribution < 1.29 is 29.7 Å². The maximum absolute atomic E-state index is 10.0. The Bertz CT molecular complexity index is 2260. The van der Waals surface area contributed by atoms with Crippen LogP contribution in [0.4, 0.5) is 0 Å². The van der Waals surface area contributed by atoms with Crippen molar-refractivity contribution in [3.05, 3.63) is 194 Å². The van der Waals surface area contributed by atoms with Crippen LogP contribution >= 0.6 is 0 Å². The van der Waals surface area contributed by atoms with Crippen molar-refractivity contribution in [2.24, 2.45) is 0 Å². The number of nitrogens with zero attached hydrogens (tertiary/aromatic N) is 4. The number of Topliss-reactive ketones (excluding diaryl/α,β-unsaturated/α-hetero) is 2. The summed E-state index contributed by atoms with van der Waals surface area (Å²) in [5.41, 5.74) is 11.8. The second kappa shape index (κ2) is 20.8. The number of carbonyl (C=O) groups excluding carboxylic acids is 2. The van der Waals surface area contributed by atoms with Crippen LogP contribution in [0.15, 0.2) is 194 Å². The Labute approximate surface area is 341 Å². The van der Waals surface area contributed by atoms with Gasteiger partial charge in [-0.3, -0.25) is 19.6 Å². The van der Waals surface area contributed by atoms with Gasteiger partial charge in [0.1, 0.15) is 11.6 Å². The second-order valence-corrected chi connectivity index (χ2v) is 12.7. The molecule has 0 unspecified atom stereocenters. The molecule has 6 aromatic carbocycles. The van der Waals surface area contributed by atoms with Gasteiger partial charge in [-0.1, -0.05) is 182 Å². The van der Waals surface area contributed by atoms with Gasteiger partial charge < -0.3 is 0 Å². The van der Waals surface area contributed by atoms with Crippen LogP contribution in [0.1, 0.15) is 20.3 Å². The smallest absolute Gasteiger partial charge is 0.300 e. The first-order valence-corrected chi connectivity index (χ1v) is 18.0. The van der Waals surface area contributed by atoms with E-state index in [2.05, 4.69) is 72.8 Å². The molecule has 0 atom stereocenters. The fourth-order valence-corrected chi connectivity index (χ4v) is 5.83. The number of hydrogen-bond acceptors (Lipinski definition) is 6. The second-order valence-electron chi connectivity index (χ2n) is 12.7. The Balaban J connectivity index is 0.000000181. The third-order valence-corrected chi connectivity index (χ3v) is 8.37. The Morgan fingerprint density at radius 1 is 0.357 bits per heavy atom. The van der Waals surface area contributed by atoms with Crippen molar-refractivity contribution in [2.75, 3.05) is 0 Å². The zero-order valence-electron chi connectivity index (χ0n) is 31.1. The molecular weight excluding hydrogens is 869 g/mol. The van der Waals surface area contributed by atoms with Gasteiger partial charge >= 0.3 is 20.1 Å². The van der Waals surface area contributed by atoms with Crippen molar-refractivity contribution in [1.82, 2.24) is 19.9 Å². The number of rotatable bonds is 8. The number of benzene rings is 6. The van der Waals surface area contributed by atoms with Gasteiger partial charge in [0.05, 0.1) is 53.0 Å². The molecular formula is C49H40IrN4O2+3. The summed E-state index contributed by atoms with van der Waals surface area (Å²) in [5, 5.41) is 0. The van der Waals surface area contributed by atoms with Crippen molar-refractivity contribution in [2.45, 2.75) is 20.3 Å². The Hall–Kier alpha value is -6.53. The first kappa shape index (κ1) is 40.7. The fourth-order valence-electron chi connectivity index (χ4n) is 5.83. The van der Waals surface area contributed by atoms with Gasteiger partial charge in [0.25, 0.3) is 0 Å². The molecule has 0 fully saturated rings. The van der Waals surface area contributed by atoms with E-state index in [9.17, 15) is 9.59 Å². The maximum atomic E-state index is 10.0. The zero-order chi connectivity index (χ0) is 38.2. The summed E-state index contributed by atoms with van der Waals surface area (Å²) < 4.78 is 0. The van der Waals surface area contributed by atoms with Crippen molar-refractivity contribution in [3.8, 4) is 67.5 Å². The molecule has 0 saturated heterocycles. The maximum Gasteiger partial charge on any atom is 3.00 e. The number of aromatic nitrogens is 4. The summed E-state index contributed by atoms with van der Waals surface area (Å²) in [6, 6.07) is 61.1. The summed E-state index contributed by atoms with van der Waals surface area (Å²) in [6.07, 6.45) is 3.79. The van der Waals surface area contributed by atoms with E-state index in [0.717, 1.165) is 67.5 Å². The Morgan fingerprint density at radius 3 is 0.821 bits per heavy atom. The molecule has 0 saturated carbocycles. The van der Waals surface area contributed by atoms with Crippen LogP contribution in [0.25, 0.3) is 67.5 Å². The zero-order valence-corrected chi connectivity index (χ0v) is 33.5. The molecule has 8 rings (SSSR count). The topological polar surface area (TPSA) is 85.7 Å². The van der Waals surface area contributed by atoms with E-state index in [0.29, 0.717) is 0 Å². The number of carbonyl (C=O) groups is 2. The minimum Gasteiger partial charge on any atom is -0.300 e. The van der Waals surface area contributed by atoms with Crippen LogP contribution in [0, 0.1) is 0 Å². The van der Waals surface area contributed by atoms with Crippen LogP contribution in [-0.4, -0.2) is 31.5 Å². The molecule has 8 aromatic rings. The first-order valence-electron chi connectivity index (χ1n) is 18.0. The first-order chi connectivity index (χ1) is 27.0. The SMILES string of the molecule is CC(=O)CC(C)=O.[Ir+3].c1ccc(-c2cnc(-c3ccccc3)c(-c3ccccc3)n2)cc1.c1ccc(-c2cnc(-c3ccccc3)c(-c3ccccc3)n2)cc1. The molecule has 7 heteroatoms. The molecule has 0 aliphatic carbocycles. The van der Waals surface area contributed by atoms with E-state index >= 15 is 0 Å². The summed E-state index contributed by atoms with van der Waals surface area (Å²) >= 11 is 0. The molecule has 2 aromatic heterocycles. The molecule has 0 bridgehead atoms. The van der Waals surface area contributed by atoms with E-state index in [1.807, 2.05) is 122 Å². The van der Waals surface area contributed by atoms with Gasteiger partial charge in [0.2, 0.25) is 0 Å². The molecule has 0 radical (unpaired) electrons. The van der Waals surface area contributed by atoms with Crippen LogP contribution in [0.2, 0.25) is 0 Å². The average Bonchev–Trinajstić information content (AvgIpc) is 3.25. The van der Waals surface area contributed by atoms with Crippen molar-refractivity contribution in [3.63, 3.8) is 0 Å². The fraction of sp³-hybridized carbons (Fsp3) is 0.0612. The minimum atomic E-state index is -0.0625. The van der Waals surface area contributed by atoms with Crippen molar-refractivity contribution in [1.29, 1.82) is 0 Å².